The number of urea groups is 1. The van der Waals surface area contributed by atoms with E-state index in [1.807, 2.05) is 21.9 Å². The van der Waals surface area contributed by atoms with Gasteiger partial charge < -0.3 is 19.9 Å². The molecule has 0 aliphatic carbocycles. The summed E-state index contributed by atoms with van der Waals surface area (Å²) >= 11 is 0. The van der Waals surface area contributed by atoms with E-state index in [1.165, 1.54) is 0 Å². The van der Waals surface area contributed by atoms with Crippen molar-refractivity contribution in [3.63, 3.8) is 0 Å². The number of likely N-dealkylation sites (tertiary alicyclic amines) is 2. The molecule has 2 heterocycles. The Bertz CT molecular complexity index is 591. The summed E-state index contributed by atoms with van der Waals surface area (Å²) < 4.78 is 5.16. The minimum atomic E-state index is -0.0850. The number of piperidine rings is 1. The van der Waals surface area contributed by atoms with Crippen molar-refractivity contribution in [1.29, 1.82) is 0 Å². The van der Waals surface area contributed by atoms with Crippen LogP contribution in [0.25, 0.3) is 0 Å². The molecule has 0 saturated carbocycles. The lowest BCUT2D eigenvalue weighted by Gasteiger charge is -2.34. The Morgan fingerprint density at radius 2 is 1.75 bits per heavy atom. The summed E-state index contributed by atoms with van der Waals surface area (Å²) in [5.41, 5.74) is 0.602. The zero-order valence-corrected chi connectivity index (χ0v) is 14.2. The van der Waals surface area contributed by atoms with Gasteiger partial charge in [-0.2, -0.15) is 0 Å². The van der Waals surface area contributed by atoms with E-state index in [0.29, 0.717) is 24.4 Å². The van der Waals surface area contributed by atoms with Crippen LogP contribution in [0.1, 0.15) is 36.0 Å². The van der Waals surface area contributed by atoms with Crippen molar-refractivity contribution in [2.24, 2.45) is 0 Å². The second-order valence-electron chi connectivity index (χ2n) is 6.44. The fourth-order valence-electron chi connectivity index (χ4n) is 3.36. The zero-order valence-electron chi connectivity index (χ0n) is 14.2. The molecule has 0 atom stereocenters. The average Bonchev–Trinajstić information content (AvgIpc) is 3.16. The Morgan fingerprint density at radius 3 is 2.42 bits per heavy atom. The van der Waals surface area contributed by atoms with Crippen LogP contribution in [0, 0.1) is 0 Å². The second-order valence-corrected chi connectivity index (χ2v) is 6.44. The Morgan fingerprint density at radius 1 is 1.08 bits per heavy atom. The lowest BCUT2D eigenvalue weighted by molar-refractivity contribution is 0.0912. The summed E-state index contributed by atoms with van der Waals surface area (Å²) in [7, 11) is 1.59. The molecule has 2 aliphatic heterocycles. The SMILES string of the molecule is COc1cccc(C(=O)NC2CCN(C(=O)N3CCCC3)CC2)c1. The number of hydrogen-bond acceptors (Lipinski definition) is 3. The Labute approximate surface area is 142 Å². The maximum Gasteiger partial charge on any atom is 0.319 e. The van der Waals surface area contributed by atoms with Crippen LogP contribution in [-0.4, -0.2) is 61.1 Å². The first kappa shape index (κ1) is 16.6. The number of rotatable bonds is 3. The number of carbonyl (C=O) groups excluding carboxylic acids is 2. The van der Waals surface area contributed by atoms with Gasteiger partial charge in [-0.1, -0.05) is 6.07 Å². The number of carbonyl (C=O) groups is 2. The largest absolute Gasteiger partial charge is 0.497 e. The molecule has 6 nitrogen and oxygen atoms in total. The maximum atomic E-state index is 12.4. The minimum Gasteiger partial charge on any atom is -0.497 e. The van der Waals surface area contributed by atoms with E-state index in [0.717, 1.165) is 38.8 Å². The molecular weight excluding hydrogens is 306 g/mol. The third-order valence-electron chi connectivity index (χ3n) is 4.81. The molecule has 0 bridgehead atoms. The van der Waals surface area contributed by atoms with Crippen molar-refractivity contribution in [1.82, 2.24) is 15.1 Å². The van der Waals surface area contributed by atoms with Gasteiger partial charge >= 0.3 is 6.03 Å². The molecular formula is C18H25N3O3. The van der Waals surface area contributed by atoms with Gasteiger partial charge in [0.15, 0.2) is 0 Å². The van der Waals surface area contributed by atoms with E-state index in [4.69, 9.17) is 4.74 Å². The van der Waals surface area contributed by atoms with Crippen LogP contribution in [0.3, 0.4) is 0 Å². The van der Waals surface area contributed by atoms with Gasteiger partial charge in [-0.15, -0.1) is 0 Å². The van der Waals surface area contributed by atoms with Gasteiger partial charge in [-0.05, 0) is 43.9 Å². The van der Waals surface area contributed by atoms with Crippen LogP contribution in [0.4, 0.5) is 4.79 Å². The molecule has 24 heavy (non-hydrogen) atoms. The van der Waals surface area contributed by atoms with Crippen LogP contribution in [0.5, 0.6) is 5.75 Å². The second kappa shape index (κ2) is 7.55. The van der Waals surface area contributed by atoms with Crippen molar-refractivity contribution < 1.29 is 14.3 Å². The van der Waals surface area contributed by atoms with Gasteiger partial charge in [-0.3, -0.25) is 4.79 Å². The number of hydrogen-bond donors (Lipinski definition) is 1. The number of amides is 3. The average molecular weight is 331 g/mol. The first-order valence-electron chi connectivity index (χ1n) is 8.66. The highest BCUT2D eigenvalue weighted by molar-refractivity contribution is 5.94. The Hall–Kier alpha value is -2.24. The van der Waals surface area contributed by atoms with E-state index >= 15 is 0 Å². The molecule has 3 rings (SSSR count). The monoisotopic (exact) mass is 331 g/mol. The summed E-state index contributed by atoms with van der Waals surface area (Å²) in [6.07, 6.45) is 3.82. The zero-order chi connectivity index (χ0) is 16.9. The topological polar surface area (TPSA) is 61.9 Å². The summed E-state index contributed by atoms with van der Waals surface area (Å²) in [5, 5.41) is 3.07. The van der Waals surface area contributed by atoms with Crippen LogP contribution in [0.2, 0.25) is 0 Å². The molecule has 0 unspecified atom stereocenters. The summed E-state index contributed by atoms with van der Waals surface area (Å²) in [5.74, 6) is 0.590. The molecule has 130 valence electrons. The van der Waals surface area contributed by atoms with Crippen molar-refractivity contribution in [3.8, 4) is 5.75 Å². The summed E-state index contributed by atoms with van der Waals surface area (Å²) in [6, 6.07) is 7.42. The van der Waals surface area contributed by atoms with E-state index in [-0.39, 0.29) is 18.0 Å². The maximum absolute atomic E-state index is 12.4. The quantitative estimate of drug-likeness (QED) is 0.923. The highest BCUT2D eigenvalue weighted by Gasteiger charge is 2.28. The van der Waals surface area contributed by atoms with Gasteiger partial charge in [0.2, 0.25) is 0 Å². The van der Waals surface area contributed by atoms with E-state index < -0.39 is 0 Å². The molecule has 1 aromatic carbocycles. The van der Waals surface area contributed by atoms with Crippen molar-refractivity contribution >= 4 is 11.9 Å². The number of nitrogens with one attached hydrogen (secondary N) is 1. The molecule has 0 aromatic heterocycles. The third-order valence-corrected chi connectivity index (χ3v) is 4.81. The predicted octanol–water partition coefficient (Wildman–Crippen LogP) is 2.11. The molecule has 6 heteroatoms. The van der Waals surface area contributed by atoms with Crippen molar-refractivity contribution in [3.05, 3.63) is 29.8 Å². The molecule has 2 fully saturated rings. The molecule has 3 amide bonds. The normalized spacial score (nSPS) is 18.5. The van der Waals surface area contributed by atoms with E-state index in [1.54, 1.807) is 19.2 Å². The lowest BCUT2D eigenvalue weighted by Crippen LogP contribution is -2.50. The summed E-state index contributed by atoms with van der Waals surface area (Å²) in [4.78, 5) is 28.6. The fraction of sp³-hybridized carbons (Fsp3) is 0.556. The van der Waals surface area contributed by atoms with Gasteiger partial charge in [0.05, 0.1) is 7.11 Å². The third kappa shape index (κ3) is 3.80. The number of nitrogens with zero attached hydrogens (tertiary/aromatic N) is 2. The molecule has 0 radical (unpaired) electrons. The van der Waals surface area contributed by atoms with Gasteiger partial charge in [-0.25, -0.2) is 4.79 Å². The van der Waals surface area contributed by atoms with E-state index in [2.05, 4.69) is 5.32 Å². The Balaban J connectivity index is 1.49. The van der Waals surface area contributed by atoms with Gasteiger partial charge in [0, 0.05) is 37.8 Å². The van der Waals surface area contributed by atoms with Crippen LogP contribution < -0.4 is 10.1 Å². The van der Waals surface area contributed by atoms with Crippen molar-refractivity contribution in [2.75, 3.05) is 33.3 Å². The van der Waals surface area contributed by atoms with Gasteiger partial charge in [0.1, 0.15) is 5.75 Å². The molecule has 1 aromatic rings. The predicted molar refractivity (Wildman–Crippen MR) is 91.3 cm³/mol. The standard InChI is InChI=1S/C18H25N3O3/c1-24-16-6-4-5-14(13-16)17(22)19-15-7-11-21(12-8-15)18(23)20-9-2-3-10-20/h4-6,13,15H,2-3,7-12H2,1H3,(H,19,22). The minimum absolute atomic E-state index is 0.0850. The van der Waals surface area contributed by atoms with Crippen LogP contribution in [0.15, 0.2) is 24.3 Å². The summed E-state index contributed by atoms with van der Waals surface area (Å²) in [6.45, 7) is 3.17. The smallest absolute Gasteiger partial charge is 0.319 e. The fourth-order valence-corrected chi connectivity index (χ4v) is 3.36. The van der Waals surface area contributed by atoms with Gasteiger partial charge in [0.25, 0.3) is 5.91 Å². The first-order valence-corrected chi connectivity index (χ1v) is 8.66. The molecule has 2 aliphatic rings. The highest BCUT2D eigenvalue weighted by Crippen LogP contribution is 2.17. The first-order chi connectivity index (χ1) is 11.7. The van der Waals surface area contributed by atoms with Crippen LogP contribution in [-0.2, 0) is 0 Å². The lowest BCUT2D eigenvalue weighted by atomic mass is 10.0. The Kier molecular flexibility index (Phi) is 5.23. The number of ether oxygens (including phenoxy) is 1. The molecule has 2 saturated heterocycles. The van der Waals surface area contributed by atoms with Crippen molar-refractivity contribution in [2.45, 2.75) is 31.7 Å². The highest BCUT2D eigenvalue weighted by atomic mass is 16.5. The molecule has 0 spiro atoms. The van der Waals surface area contributed by atoms with E-state index in [9.17, 15) is 9.59 Å². The number of methoxy groups -OCH3 is 1. The number of benzene rings is 1. The molecule has 1 N–H and O–H groups in total. The van der Waals surface area contributed by atoms with Crippen LogP contribution >= 0.6 is 0 Å².